The standard InChI is InChI=1S/C23H26F2N4O2/c1-14-8-10-29(11-9-14)21-7-5-16(12-18(21)22(30)26-15-2-3-15)27-23(31)28-17-4-6-19(24)20(25)13-17/h4-7,12-15H,2-3,8-11H2,1H3,(H,26,30)(H2,27,28,31). The number of hydrogen-bond donors (Lipinski definition) is 3. The smallest absolute Gasteiger partial charge is 0.323 e. The molecule has 4 rings (SSSR count). The van der Waals surface area contributed by atoms with E-state index in [0.717, 1.165) is 56.6 Å². The molecule has 6 nitrogen and oxygen atoms in total. The lowest BCUT2D eigenvalue weighted by Crippen LogP contribution is -2.35. The van der Waals surface area contributed by atoms with Gasteiger partial charge in [0.1, 0.15) is 0 Å². The van der Waals surface area contributed by atoms with Crippen LogP contribution in [0.4, 0.5) is 30.6 Å². The molecule has 1 heterocycles. The first-order valence-corrected chi connectivity index (χ1v) is 10.6. The van der Waals surface area contributed by atoms with Crippen LogP contribution < -0.4 is 20.9 Å². The van der Waals surface area contributed by atoms with Gasteiger partial charge in [-0.2, -0.15) is 0 Å². The van der Waals surface area contributed by atoms with E-state index >= 15 is 0 Å². The molecule has 3 N–H and O–H groups in total. The Labute approximate surface area is 180 Å². The molecule has 1 saturated heterocycles. The second kappa shape index (κ2) is 8.91. The Morgan fingerprint density at radius 3 is 2.19 bits per heavy atom. The Morgan fingerprint density at radius 2 is 1.55 bits per heavy atom. The molecule has 0 aromatic heterocycles. The van der Waals surface area contributed by atoms with E-state index in [0.29, 0.717) is 17.2 Å². The van der Waals surface area contributed by atoms with Gasteiger partial charge in [-0.1, -0.05) is 6.92 Å². The molecule has 0 atom stereocenters. The quantitative estimate of drug-likeness (QED) is 0.644. The summed E-state index contributed by atoms with van der Waals surface area (Å²) in [6.45, 7) is 4.00. The number of carbonyl (C=O) groups excluding carboxylic acids is 2. The van der Waals surface area contributed by atoms with E-state index in [-0.39, 0.29) is 17.6 Å². The molecule has 2 aromatic carbocycles. The van der Waals surface area contributed by atoms with E-state index in [1.54, 1.807) is 12.1 Å². The second-order valence-corrected chi connectivity index (χ2v) is 8.36. The van der Waals surface area contributed by atoms with E-state index in [4.69, 9.17) is 0 Å². The molecule has 2 aliphatic rings. The van der Waals surface area contributed by atoms with Gasteiger partial charge >= 0.3 is 6.03 Å². The van der Waals surface area contributed by atoms with Crippen LogP contribution in [0.2, 0.25) is 0 Å². The number of urea groups is 1. The summed E-state index contributed by atoms with van der Waals surface area (Å²) in [5, 5.41) is 8.14. The Kier molecular flexibility index (Phi) is 6.06. The van der Waals surface area contributed by atoms with Crippen LogP contribution in [0.25, 0.3) is 0 Å². The normalized spacial score (nSPS) is 16.7. The minimum absolute atomic E-state index is 0.127. The average molecular weight is 428 g/mol. The van der Waals surface area contributed by atoms with Crippen molar-refractivity contribution in [1.82, 2.24) is 5.32 Å². The van der Waals surface area contributed by atoms with Crippen LogP contribution in [0.5, 0.6) is 0 Å². The number of anilines is 3. The zero-order valence-electron chi connectivity index (χ0n) is 17.4. The van der Waals surface area contributed by atoms with Crippen LogP contribution >= 0.6 is 0 Å². The summed E-state index contributed by atoms with van der Waals surface area (Å²) >= 11 is 0. The van der Waals surface area contributed by atoms with Crippen LogP contribution in [-0.4, -0.2) is 31.1 Å². The number of nitrogens with one attached hydrogen (secondary N) is 3. The number of amides is 3. The van der Waals surface area contributed by atoms with Crippen molar-refractivity contribution in [2.75, 3.05) is 28.6 Å². The molecule has 1 saturated carbocycles. The highest BCUT2D eigenvalue weighted by Gasteiger charge is 2.27. The highest BCUT2D eigenvalue weighted by Crippen LogP contribution is 2.30. The molecule has 2 fully saturated rings. The van der Waals surface area contributed by atoms with Crippen LogP contribution in [0.3, 0.4) is 0 Å². The predicted octanol–water partition coefficient (Wildman–Crippen LogP) is 4.74. The van der Waals surface area contributed by atoms with Crippen LogP contribution in [0.1, 0.15) is 43.0 Å². The van der Waals surface area contributed by atoms with E-state index in [2.05, 4.69) is 27.8 Å². The first-order valence-electron chi connectivity index (χ1n) is 10.6. The molecule has 1 aliphatic heterocycles. The van der Waals surface area contributed by atoms with Crippen molar-refractivity contribution < 1.29 is 18.4 Å². The molecule has 0 bridgehead atoms. The van der Waals surface area contributed by atoms with Crippen LogP contribution in [0, 0.1) is 17.6 Å². The predicted molar refractivity (Wildman–Crippen MR) is 117 cm³/mol. The largest absolute Gasteiger partial charge is 0.371 e. The number of nitrogens with zero attached hydrogens (tertiary/aromatic N) is 1. The van der Waals surface area contributed by atoms with E-state index < -0.39 is 17.7 Å². The number of carbonyl (C=O) groups is 2. The molecule has 31 heavy (non-hydrogen) atoms. The minimum atomic E-state index is -1.04. The number of halogens is 2. The second-order valence-electron chi connectivity index (χ2n) is 8.36. The van der Waals surface area contributed by atoms with Crippen molar-refractivity contribution in [1.29, 1.82) is 0 Å². The fourth-order valence-corrected chi connectivity index (χ4v) is 3.68. The third kappa shape index (κ3) is 5.31. The summed E-state index contributed by atoms with van der Waals surface area (Å²) in [6.07, 6.45) is 4.11. The molecule has 0 radical (unpaired) electrons. The highest BCUT2D eigenvalue weighted by molar-refractivity contribution is 6.04. The van der Waals surface area contributed by atoms with Crippen molar-refractivity contribution in [2.24, 2.45) is 5.92 Å². The Balaban J connectivity index is 1.51. The summed E-state index contributed by atoms with van der Waals surface area (Å²) in [5.74, 6) is -1.52. The Hall–Kier alpha value is -3.16. The SMILES string of the molecule is CC1CCN(c2ccc(NC(=O)Nc3ccc(F)c(F)c3)cc2C(=O)NC2CC2)CC1. The van der Waals surface area contributed by atoms with Gasteiger partial charge in [0.15, 0.2) is 11.6 Å². The lowest BCUT2D eigenvalue weighted by atomic mass is 9.98. The fraction of sp³-hybridized carbons (Fsp3) is 0.391. The van der Waals surface area contributed by atoms with Crippen molar-refractivity contribution in [3.05, 3.63) is 53.6 Å². The van der Waals surface area contributed by atoms with Crippen molar-refractivity contribution in [2.45, 2.75) is 38.6 Å². The first-order chi connectivity index (χ1) is 14.9. The Morgan fingerprint density at radius 1 is 0.903 bits per heavy atom. The maximum atomic E-state index is 13.4. The van der Waals surface area contributed by atoms with Gasteiger partial charge in [0.25, 0.3) is 5.91 Å². The monoisotopic (exact) mass is 428 g/mol. The molecule has 164 valence electrons. The maximum Gasteiger partial charge on any atom is 0.323 e. The number of rotatable bonds is 5. The lowest BCUT2D eigenvalue weighted by Gasteiger charge is -2.33. The third-order valence-corrected chi connectivity index (χ3v) is 5.71. The Bertz CT molecular complexity index is 986. The molecule has 0 unspecified atom stereocenters. The minimum Gasteiger partial charge on any atom is -0.371 e. The van der Waals surface area contributed by atoms with Gasteiger partial charge in [-0.15, -0.1) is 0 Å². The fourth-order valence-electron chi connectivity index (χ4n) is 3.68. The summed E-state index contributed by atoms with van der Waals surface area (Å²) in [6, 6.07) is 7.98. The molecular weight excluding hydrogens is 402 g/mol. The molecule has 8 heteroatoms. The highest BCUT2D eigenvalue weighted by atomic mass is 19.2. The topological polar surface area (TPSA) is 73.5 Å². The van der Waals surface area contributed by atoms with Gasteiger partial charge in [0.05, 0.1) is 5.56 Å². The summed E-state index contributed by atoms with van der Waals surface area (Å²) in [7, 11) is 0. The lowest BCUT2D eigenvalue weighted by molar-refractivity contribution is 0.0951. The average Bonchev–Trinajstić information content (AvgIpc) is 3.55. The number of benzene rings is 2. The van der Waals surface area contributed by atoms with Crippen molar-refractivity contribution in [3.63, 3.8) is 0 Å². The third-order valence-electron chi connectivity index (χ3n) is 5.71. The van der Waals surface area contributed by atoms with Gasteiger partial charge in [0.2, 0.25) is 0 Å². The molecule has 2 aromatic rings. The summed E-state index contributed by atoms with van der Waals surface area (Å²) in [5.41, 5.74) is 1.95. The summed E-state index contributed by atoms with van der Waals surface area (Å²) < 4.78 is 26.4. The van der Waals surface area contributed by atoms with Crippen LogP contribution in [0.15, 0.2) is 36.4 Å². The van der Waals surface area contributed by atoms with Gasteiger partial charge in [-0.25, -0.2) is 13.6 Å². The molecule has 0 spiro atoms. The zero-order valence-corrected chi connectivity index (χ0v) is 17.4. The zero-order chi connectivity index (χ0) is 22.0. The number of hydrogen-bond acceptors (Lipinski definition) is 3. The number of piperidine rings is 1. The molecular formula is C23H26F2N4O2. The molecule has 3 amide bonds. The maximum absolute atomic E-state index is 13.4. The summed E-state index contributed by atoms with van der Waals surface area (Å²) in [4.78, 5) is 27.4. The van der Waals surface area contributed by atoms with Gasteiger partial charge in [-0.3, -0.25) is 4.79 Å². The van der Waals surface area contributed by atoms with Crippen LogP contribution in [-0.2, 0) is 0 Å². The van der Waals surface area contributed by atoms with Crippen molar-refractivity contribution >= 4 is 29.0 Å². The van der Waals surface area contributed by atoms with Gasteiger partial charge < -0.3 is 20.9 Å². The van der Waals surface area contributed by atoms with Crippen molar-refractivity contribution in [3.8, 4) is 0 Å². The molecule has 1 aliphatic carbocycles. The van der Waals surface area contributed by atoms with Gasteiger partial charge in [0, 0.05) is 42.3 Å². The van der Waals surface area contributed by atoms with Gasteiger partial charge in [-0.05, 0) is 61.9 Å². The van der Waals surface area contributed by atoms with E-state index in [1.807, 2.05) is 6.07 Å². The van der Waals surface area contributed by atoms with E-state index in [1.165, 1.54) is 6.07 Å². The first kappa shape index (κ1) is 21.1. The van der Waals surface area contributed by atoms with E-state index in [9.17, 15) is 18.4 Å².